The lowest BCUT2D eigenvalue weighted by atomic mass is 10.7. The van der Waals surface area contributed by atoms with Gasteiger partial charge in [-0.05, 0) is 25.0 Å². The first-order valence-electron chi connectivity index (χ1n) is 3.58. The number of nitrogens with one attached hydrogen (secondary N) is 1. The molecule has 1 heterocycles. The molecule has 1 saturated carbocycles. The van der Waals surface area contributed by atoms with Gasteiger partial charge in [0, 0.05) is 6.20 Å². The van der Waals surface area contributed by atoms with Gasteiger partial charge in [0.1, 0.15) is 5.03 Å². The van der Waals surface area contributed by atoms with Crippen molar-refractivity contribution in [3.8, 4) is 0 Å². The summed E-state index contributed by atoms with van der Waals surface area (Å²) < 4.78 is 22.8. The van der Waals surface area contributed by atoms with E-state index in [9.17, 15) is 8.42 Å². The first-order chi connectivity index (χ1) is 5.21. The molecule has 0 saturated heterocycles. The Morgan fingerprint density at radius 3 is 2.73 bits per heavy atom. The minimum atomic E-state index is -2.98. The summed E-state index contributed by atoms with van der Waals surface area (Å²) in [7, 11) is -2.98. The van der Waals surface area contributed by atoms with Crippen LogP contribution >= 0.6 is 0 Å². The molecule has 0 amide bonds. The SMILES string of the molecule is O=S(=O)(c1ccc[nH]1)C1CC1.[H+]. The molecule has 2 rings (SSSR count). The Kier molecular flexibility index (Phi) is 1.32. The molecule has 60 valence electrons. The Labute approximate surface area is 66.8 Å². The number of hydrogen-bond donors (Lipinski definition) is 1. The lowest BCUT2D eigenvalue weighted by molar-refractivity contribution is 0.592. The molecule has 0 atom stereocenters. The number of rotatable bonds is 2. The first kappa shape index (κ1) is 6.91. The third-order valence-electron chi connectivity index (χ3n) is 1.84. The van der Waals surface area contributed by atoms with Gasteiger partial charge >= 0.3 is 1.43 Å². The van der Waals surface area contributed by atoms with Crippen molar-refractivity contribution in [2.75, 3.05) is 0 Å². The van der Waals surface area contributed by atoms with Crippen molar-refractivity contribution < 1.29 is 9.84 Å². The van der Waals surface area contributed by atoms with Gasteiger partial charge in [-0.25, -0.2) is 8.42 Å². The van der Waals surface area contributed by atoms with Crippen molar-refractivity contribution >= 4 is 9.84 Å². The van der Waals surface area contributed by atoms with Crippen LogP contribution in [0.3, 0.4) is 0 Å². The fourth-order valence-corrected chi connectivity index (χ4v) is 2.67. The first-order valence-corrected chi connectivity index (χ1v) is 5.13. The summed E-state index contributed by atoms with van der Waals surface area (Å²) in [4.78, 5) is 2.71. The van der Waals surface area contributed by atoms with Gasteiger partial charge in [-0.15, -0.1) is 0 Å². The number of sulfone groups is 1. The van der Waals surface area contributed by atoms with Crippen molar-refractivity contribution in [2.45, 2.75) is 23.1 Å². The van der Waals surface area contributed by atoms with Crippen molar-refractivity contribution in [2.24, 2.45) is 0 Å². The molecule has 0 unspecified atom stereocenters. The van der Waals surface area contributed by atoms with Crippen LogP contribution in [0, 0.1) is 0 Å². The zero-order chi connectivity index (χ0) is 7.90. The van der Waals surface area contributed by atoms with Crippen LogP contribution in [0.15, 0.2) is 23.4 Å². The summed E-state index contributed by atoms with van der Waals surface area (Å²) in [5.74, 6) is 0. The quantitative estimate of drug-likeness (QED) is 0.725. The molecule has 0 aromatic carbocycles. The van der Waals surface area contributed by atoms with E-state index in [1.165, 1.54) is 0 Å². The van der Waals surface area contributed by atoms with Crippen LogP contribution < -0.4 is 0 Å². The fraction of sp³-hybridized carbons (Fsp3) is 0.429. The molecule has 0 aliphatic heterocycles. The van der Waals surface area contributed by atoms with Crippen LogP contribution in [0.1, 0.15) is 14.3 Å². The summed E-state index contributed by atoms with van der Waals surface area (Å²) in [6, 6.07) is 3.31. The molecule has 0 radical (unpaired) electrons. The standard InChI is InChI=1S/C7H9NO2S/c9-11(10,6-3-4-6)7-2-1-5-8-7/h1-2,5-6,8H,3-4H2/p+1. The molecule has 1 aromatic heterocycles. The number of aromatic amines is 1. The van der Waals surface area contributed by atoms with Gasteiger partial charge in [0.15, 0.2) is 9.84 Å². The number of H-pyrrole nitrogens is 1. The second kappa shape index (κ2) is 2.11. The molecule has 1 aliphatic carbocycles. The highest BCUT2D eigenvalue weighted by Gasteiger charge is 2.37. The Morgan fingerprint density at radius 1 is 1.55 bits per heavy atom. The summed E-state index contributed by atoms with van der Waals surface area (Å²) in [5, 5.41) is 0.251. The highest BCUT2D eigenvalue weighted by molar-refractivity contribution is 7.92. The van der Waals surface area contributed by atoms with Crippen LogP contribution in [0.2, 0.25) is 0 Å². The van der Waals surface area contributed by atoms with E-state index in [1.807, 2.05) is 0 Å². The van der Waals surface area contributed by atoms with Gasteiger partial charge in [-0.1, -0.05) is 0 Å². The zero-order valence-electron chi connectivity index (χ0n) is 6.95. The third-order valence-corrected chi connectivity index (χ3v) is 4.06. The van der Waals surface area contributed by atoms with Crippen molar-refractivity contribution in [1.29, 1.82) is 0 Å². The average Bonchev–Trinajstić information content (AvgIpc) is 2.66. The smallest absolute Gasteiger partial charge is 0.352 e. The lowest BCUT2D eigenvalue weighted by Gasteiger charge is -1.96. The zero-order valence-corrected chi connectivity index (χ0v) is 6.76. The maximum Gasteiger partial charge on any atom is 1.00 e. The molecule has 1 aliphatic rings. The molecular weight excluding hydrogens is 162 g/mol. The van der Waals surface area contributed by atoms with E-state index in [1.54, 1.807) is 18.3 Å². The Morgan fingerprint density at radius 2 is 2.27 bits per heavy atom. The van der Waals surface area contributed by atoms with Crippen LogP contribution in [-0.2, 0) is 9.84 Å². The van der Waals surface area contributed by atoms with Gasteiger partial charge in [0.25, 0.3) is 0 Å². The van der Waals surface area contributed by atoms with Gasteiger partial charge in [0.05, 0.1) is 5.25 Å². The molecule has 0 bridgehead atoms. The van der Waals surface area contributed by atoms with Gasteiger partial charge in [-0.3, -0.25) is 0 Å². The van der Waals surface area contributed by atoms with Gasteiger partial charge in [-0.2, -0.15) is 0 Å². The summed E-state index contributed by atoms with van der Waals surface area (Å²) in [5.41, 5.74) is 0. The van der Waals surface area contributed by atoms with E-state index < -0.39 is 9.84 Å². The predicted octanol–water partition coefficient (Wildman–Crippen LogP) is 1.06. The van der Waals surface area contributed by atoms with Crippen LogP contribution in [0.5, 0.6) is 0 Å². The van der Waals surface area contributed by atoms with Gasteiger partial charge < -0.3 is 4.98 Å². The topological polar surface area (TPSA) is 49.9 Å². The summed E-state index contributed by atoms with van der Waals surface area (Å²) in [6.07, 6.45) is 3.28. The van der Waals surface area contributed by atoms with E-state index >= 15 is 0 Å². The minimum Gasteiger partial charge on any atom is -0.352 e. The largest absolute Gasteiger partial charge is 1.00 e. The Balaban J connectivity index is 0.000000720. The van der Waals surface area contributed by atoms with Gasteiger partial charge in [0.2, 0.25) is 0 Å². The second-order valence-electron chi connectivity index (χ2n) is 2.78. The number of hydrogen-bond acceptors (Lipinski definition) is 2. The lowest BCUT2D eigenvalue weighted by Crippen LogP contribution is -2.06. The van der Waals surface area contributed by atoms with E-state index in [0.29, 0.717) is 5.03 Å². The fourth-order valence-electron chi connectivity index (χ4n) is 1.05. The van der Waals surface area contributed by atoms with Crippen molar-refractivity contribution in [3.63, 3.8) is 0 Å². The molecule has 11 heavy (non-hydrogen) atoms. The monoisotopic (exact) mass is 172 g/mol. The highest BCUT2D eigenvalue weighted by Crippen LogP contribution is 2.32. The molecule has 1 fully saturated rings. The second-order valence-corrected chi connectivity index (χ2v) is 4.98. The molecular formula is C7H10NO2S+. The minimum absolute atomic E-state index is 0. The Hall–Kier alpha value is -0.770. The summed E-state index contributed by atoms with van der Waals surface area (Å²) in [6.45, 7) is 0. The molecule has 1 N–H and O–H groups in total. The molecule has 1 aromatic rings. The third kappa shape index (κ3) is 1.07. The average molecular weight is 172 g/mol. The number of aromatic nitrogens is 1. The van der Waals surface area contributed by atoms with E-state index in [4.69, 9.17) is 0 Å². The maximum absolute atomic E-state index is 11.4. The predicted molar refractivity (Wildman–Crippen MR) is 42.1 cm³/mol. The Bertz CT molecular complexity index is 339. The van der Waals surface area contributed by atoms with Crippen LogP contribution in [-0.4, -0.2) is 18.7 Å². The molecule has 0 spiro atoms. The molecule has 4 heteroatoms. The molecule has 3 nitrogen and oxygen atoms in total. The normalized spacial score (nSPS) is 18.5. The van der Waals surface area contributed by atoms with Crippen molar-refractivity contribution in [3.05, 3.63) is 18.3 Å². The van der Waals surface area contributed by atoms with Crippen molar-refractivity contribution in [1.82, 2.24) is 4.98 Å². The van der Waals surface area contributed by atoms with Crippen LogP contribution in [0.4, 0.5) is 0 Å². The highest BCUT2D eigenvalue weighted by atomic mass is 32.2. The van der Waals surface area contributed by atoms with E-state index in [-0.39, 0.29) is 6.68 Å². The summed E-state index contributed by atoms with van der Waals surface area (Å²) >= 11 is 0. The maximum atomic E-state index is 11.4. The van der Waals surface area contributed by atoms with E-state index in [0.717, 1.165) is 12.8 Å². The van der Waals surface area contributed by atoms with Crippen LogP contribution in [0.25, 0.3) is 0 Å². The van der Waals surface area contributed by atoms with E-state index in [2.05, 4.69) is 4.98 Å².